The van der Waals surface area contributed by atoms with E-state index < -0.39 is 0 Å². The highest BCUT2D eigenvalue weighted by atomic mass is 79.9. The lowest BCUT2D eigenvalue weighted by molar-refractivity contribution is -0.131. The number of nitrogens with zero attached hydrogens (tertiary/aromatic N) is 3. The summed E-state index contributed by atoms with van der Waals surface area (Å²) in [6.45, 7) is 0.756. The van der Waals surface area contributed by atoms with E-state index in [0.29, 0.717) is 25.4 Å². The average molecular weight is 339 g/mol. The summed E-state index contributed by atoms with van der Waals surface area (Å²) in [5.74, 6) is 1.40. The maximum absolute atomic E-state index is 11.9. The van der Waals surface area contributed by atoms with Crippen molar-refractivity contribution in [2.75, 3.05) is 13.7 Å². The third-order valence-electron chi connectivity index (χ3n) is 2.66. The zero-order valence-corrected chi connectivity index (χ0v) is 12.6. The van der Waals surface area contributed by atoms with Gasteiger partial charge in [0.05, 0.1) is 19.6 Å². The highest BCUT2D eigenvalue weighted by molar-refractivity contribution is 9.10. The van der Waals surface area contributed by atoms with Crippen LogP contribution in [0.5, 0.6) is 5.75 Å². The fourth-order valence-corrected chi connectivity index (χ4v) is 2.00. The molecule has 0 atom stereocenters. The molecule has 6 nitrogen and oxygen atoms in total. The number of carbonyl (C=O) groups is 1. The number of halogens is 1. The van der Waals surface area contributed by atoms with Crippen molar-refractivity contribution in [2.45, 2.75) is 13.0 Å². The van der Waals surface area contributed by atoms with Crippen LogP contribution in [0.3, 0.4) is 0 Å². The highest BCUT2D eigenvalue weighted by Crippen LogP contribution is 2.17. The fourth-order valence-electron chi connectivity index (χ4n) is 1.62. The van der Waals surface area contributed by atoms with E-state index in [2.05, 4.69) is 31.1 Å². The van der Waals surface area contributed by atoms with Gasteiger partial charge in [0.25, 0.3) is 0 Å². The second-order valence-electron chi connectivity index (χ2n) is 4.24. The van der Waals surface area contributed by atoms with Gasteiger partial charge in [0.15, 0.2) is 0 Å². The van der Waals surface area contributed by atoms with Crippen LogP contribution in [0.1, 0.15) is 12.2 Å². The first-order chi connectivity index (χ1) is 9.65. The number of hydrogen-bond donors (Lipinski definition) is 1. The Hall–Kier alpha value is -1.89. The van der Waals surface area contributed by atoms with Crippen LogP contribution in [0, 0.1) is 0 Å². The lowest BCUT2D eigenvalue weighted by atomic mass is 10.3. The molecule has 1 heterocycles. The lowest BCUT2D eigenvalue weighted by Crippen LogP contribution is -2.28. The monoisotopic (exact) mass is 338 g/mol. The Morgan fingerprint density at radius 3 is 3.05 bits per heavy atom. The van der Waals surface area contributed by atoms with Crippen molar-refractivity contribution in [3.8, 4) is 5.75 Å². The normalized spacial score (nSPS) is 10.3. The van der Waals surface area contributed by atoms with Gasteiger partial charge in [-0.3, -0.25) is 9.89 Å². The van der Waals surface area contributed by atoms with Gasteiger partial charge >= 0.3 is 0 Å². The number of benzene rings is 1. The summed E-state index contributed by atoms with van der Waals surface area (Å²) in [5, 5.41) is 6.46. The number of amides is 1. The molecule has 2 rings (SSSR count). The quantitative estimate of drug-likeness (QED) is 0.874. The molecule has 1 N–H and O–H groups in total. The standard InChI is InChI=1S/C13H15BrN4O2/c1-18(8-12-15-9-16-17-12)13(19)5-6-20-11-4-2-3-10(14)7-11/h2-4,7,9H,5-6,8H2,1H3,(H,15,16,17). The largest absolute Gasteiger partial charge is 0.493 e. The lowest BCUT2D eigenvalue weighted by Gasteiger charge is -2.15. The van der Waals surface area contributed by atoms with E-state index in [1.807, 2.05) is 24.3 Å². The first kappa shape index (κ1) is 14.5. The number of ether oxygens (including phenoxy) is 1. The van der Waals surface area contributed by atoms with Gasteiger partial charge in [-0.2, -0.15) is 5.10 Å². The van der Waals surface area contributed by atoms with Crippen molar-refractivity contribution < 1.29 is 9.53 Å². The predicted molar refractivity (Wildman–Crippen MR) is 77.1 cm³/mol. The zero-order chi connectivity index (χ0) is 14.4. The minimum absolute atomic E-state index is 0.00334. The molecule has 0 fully saturated rings. The SMILES string of the molecule is CN(Cc1ncn[nH]1)C(=O)CCOc1cccc(Br)c1. The molecule has 0 unspecified atom stereocenters. The van der Waals surface area contributed by atoms with Crippen LogP contribution in [-0.2, 0) is 11.3 Å². The number of hydrogen-bond acceptors (Lipinski definition) is 4. The molecule has 0 saturated heterocycles. The fraction of sp³-hybridized carbons (Fsp3) is 0.308. The second kappa shape index (κ2) is 7.04. The van der Waals surface area contributed by atoms with Crippen molar-refractivity contribution in [1.29, 1.82) is 0 Å². The first-order valence-electron chi connectivity index (χ1n) is 6.12. The maximum atomic E-state index is 11.9. The molecular weight excluding hydrogens is 324 g/mol. The summed E-state index contributed by atoms with van der Waals surface area (Å²) in [5.41, 5.74) is 0. The highest BCUT2D eigenvalue weighted by Gasteiger charge is 2.10. The Bertz CT molecular complexity index is 559. The molecule has 1 aromatic carbocycles. The van der Waals surface area contributed by atoms with Crippen molar-refractivity contribution in [1.82, 2.24) is 20.1 Å². The molecule has 106 valence electrons. The van der Waals surface area contributed by atoms with Gasteiger partial charge in [0, 0.05) is 11.5 Å². The Balaban J connectivity index is 1.74. The summed E-state index contributed by atoms with van der Waals surface area (Å²) in [6, 6.07) is 7.52. The van der Waals surface area contributed by atoms with E-state index in [1.54, 1.807) is 11.9 Å². The van der Waals surface area contributed by atoms with Crippen LogP contribution in [0.25, 0.3) is 0 Å². The number of aromatic amines is 1. The number of H-pyrrole nitrogens is 1. The number of nitrogens with one attached hydrogen (secondary N) is 1. The Kier molecular flexibility index (Phi) is 5.11. The first-order valence-corrected chi connectivity index (χ1v) is 6.91. The molecule has 1 amide bonds. The molecule has 0 bridgehead atoms. The Morgan fingerprint density at radius 2 is 2.35 bits per heavy atom. The molecule has 0 aliphatic rings. The van der Waals surface area contributed by atoms with Crippen LogP contribution in [0.15, 0.2) is 35.1 Å². The molecule has 1 aromatic heterocycles. The molecule has 0 spiro atoms. The van der Waals surface area contributed by atoms with E-state index in [9.17, 15) is 4.79 Å². The molecule has 0 aliphatic carbocycles. The molecule has 20 heavy (non-hydrogen) atoms. The molecule has 2 aromatic rings. The van der Waals surface area contributed by atoms with Gasteiger partial charge in [-0.1, -0.05) is 22.0 Å². The third-order valence-corrected chi connectivity index (χ3v) is 3.15. The molecule has 0 aliphatic heterocycles. The predicted octanol–water partition coefficient (Wildman–Crippen LogP) is 1.99. The van der Waals surface area contributed by atoms with E-state index in [1.165, 1.54) is 6.33 Å². The van der Waals surface area contributed by atoms with Crippen molar-refractivity contribution in [2.24, 2.45) is 0 Å². The average Bonchev–Trinajstić information content (AvgIpc) is 2.91. The van der Waals surface area contributed by atoms with E-state index >= 15 is 0 Å². The minimum atomic E-state index is -0.00334. The summed E-state index contributed by atoms with van der Waals surface area (Å²) in [6.07, 6.45) is 1.74. The number of aromatic nitrogens is 3. The van der Waals surface area contributed by atoms with E-state index in [4.69, 9.17) is 4.74 Å². The zero-order valence-electron chi connectivity index (χ0n) is 11.0. The van der Waals surface area contributed by atoms with Gasteiger partial charge in [-0.25, -0.2) is 4.98 Å². The van der Waals surface area contributed by atoms with Gasteiger partial charge in [0.1, 0.15) is 17.9 Å². The van der Waals surface area contributed by atoms with Crippen molar-refractivity contribution in [3.63, 3.8) is 0 Å². The van der Waals surface area contributed by atoms with Crippen LogP contribution >= 0.6 is 15.9 Å². The van der Waals surface area contributed by atoms with E-state index in [0.717, 1.165) is 10.2 Å². The van der Waals surface area contributed by atoms with Crippen LogP contribution in [0.4, 0.5) is 0 Å². The van der Waals surface area contributed by atoms with Gasteiger partial charge < -0.3 is 9.64 Å². The van der Waals surface area contributed by atoms with E-state index in [-0.39, 0.29) is 5.91 Å². The second-order valence-corrected chi connectivity index (χ2v) is 5.15. The summed E-state index contributed by atoms with van der Waals surface area (Å²) in [4.78, 5) is 17.5. The van der Waals surface area contributed by atoms with Gasteiger partial charge in [-0.05, 0) is 18.2 Å². The minimum Gasteiger partial charge on any atom is -0.493 e. The number of carbonyl (C=O) groups excluding carboxylic acids is 1. The smallest absolute Gasteiger partial charge is 0.226 e. The number of rotatable bonds is 6. The summed E-state index contributed by atoms with van der Waals surface area (Å²) < 4.78 is 6.48. The third kappa shape index (κ3) is 4.34. The molecular formula is C13H15BrN4O2. The van der Waals surface area contributed by atoms with Crippen LogP contribution in [-0.4, -0.2) is 39.6 Å². The van der Waals surface area contributed by atoms with Crippen LogP contribution in [0.2, 0.25) is 0 Å². The summed E-state index contributed by atoms with van der Waals surface area (Å²) >= 11 is 3.37. The topological polar surface area (TPSA) is 71.1 Å². The Labute approximate surface area is 125 Å². The van der Waals surface area contributed by atoms with Gasteiger partial charge in [0.2, 0.25) is 5.91 Å². The summed E-state index contributed by atoms with van der Waals surface area (Å²) in [7, 11) is 1.73. The molecule has 7 heteroatoms. The van der Waals surface area contributed by atoms with Crippen molar-refractivity contribution >= 4 is 21.8 Å². The maximum Gasteiger partial charge on any atom is 0.226 e. The molecule has 0 saturated carbocycles. The molecule has 0 radical (unpaired) electrons. The van der Waals surface area contributed by atoms with Crippen molar-refractivity contribution in [3.05, 3.63) is 40.9 Å². The Morgan fingerprint density at radius 1 is 1.50 bits per heavy atom. The van der Waals surface area contributed by atoms with Crippen LogP contribution < -0.4 is 4.74 Å². The van der Waals surface area contributed by atoms with Gasteiger partial charge in [-0.15, -0.1) is 0 Å².